The van der Waals surface area contributed by atoms with E-state index in [0.717, 1.165) is 20.7 Å². The fraction of sp³-hybridized carbons (Fsp3) is 0. The average molecular weight is 410 g/mol. The first-order valence-electron chi connectivity index (χ1n) is 9.05. The molecule has 4 aromatic carbocycles. The van der Waals surface area contributed by atoms with Gasteiger partial charge in [-0.1, -0.05) is 142 Å². The molecule has 4 aromatic rings. The summed E-state index contributed by atoms with van der Waals surface area (Å²) >= 11 is 0. The van der Waals surface area contributed by atoms with Crippen molar-refractivity contribution in [1.29, 1.82) is 0 Å². The molecular formula is C24H20Li2O2Si2. The van der Waals surface area contributed by atoms with Crippen LogP contribution in [0.15, 0.2) is 121 Å². The van der Waals surface area contributed by atoms with Gasteiger partial charge in [0.2, 0.25) is 0 Å². The molecule has 30 heavy (non-hydrogen) atoms. The van der Waals surface area contributed by atoms with E-state index in [0.29, 0.717) is 0 Å². The Hall–Kier alpha value is -1.57. The van der Waals surface area contributed by atoms with Gasteiger partial charge in [0.15, 0.2) is 0 Å². The molecular weight excluding hydrogens is 390 g/mol. The Morgan fingerprint density at radius 1 is 0.333 bits per heavy atom. The van der Waals surface area contributed by atoms with Gasteiger partial charge in [0, 0.05) is 18.1 Å². The van der Waals surface area contributed by atoms with Crippen molar-refractivity contribution in [1.82, 2.24) is 0 Å². The van der Waals surface area contributed by atoms with E-state index >= 15 is 0 Å². The van der Waals surface area contributed by atoms with Crippen molar-refractivity contribution in [2.24, 2.45) is 0 Å². The molecule has 0 fully saturated rings. The second-order valence-electron chi connectivity index (χ2n) is 6.12. The van der Waals surface area contributed by atoms with Crippen LogP contribution in [0.1, 0.15) is 0 Å². The zero-order valence-corrected chi connectivity index (χ0v) is 19.4. The van der Waals surface area contributed by atoms with E-state index in [2.05, 4.69) is 0 Å². The third kappa shape index (κ3) is 7.93. The summed E-state index contributed by atoms with van der Waals surface area (Å²) in [6.45, 7) is 0. The van der Waals surface area contributed by atoms with Gasteiger partial charge in [0.05, 0.1) is 0 Å². The van der Waals surface area contributed by atoms with Crippen molar-refractivity contribution in [3.05, 3.63) is 121 Å². The second kappa shape index (κ2) is 14.4. The van der Waals surface area contributed by atoms with E-state index in [1.54, 1.807) is 0 Å². The van der Waals surface area contributed by atoms with Crippen molar-refractivity contribution in [3.63, 3.8) is 0 Å². The predicted molar refractivity (Wildman–Crippen MR) is 116 cm³/mol. The van der Waals surface area contributed by atoms with Crippen LogP contribution in [0.5, 0.6) is 0 Å². The molecule has 0 aliphatic rings. The Labute approximate surface area is 206 Å². The molecule has 0 amide bonds. The number of rotatable bonds is 4. The van der Waals surface area contributed by atoms with Crippen LogP contribution in [-0.4, -0.2) is 18.1 Å². The van der Waals surface area contributed by atoms with Crippen LogP contribution in [-0.2, 0) is 0 Å². The summed E-state index contributed by atoms with van der Waals surface area (Å²) in [6.07, 6.45) is 0. The minimum atomic E-state index is -1.79. The second-order valence-corrected chi connectivity index (χ2v) is 9.75. The summed E-state index contributed by atoms with van der Waals surface area (Å²) in [7, 11) is -3.59. The minimum Gasteiger partial charge on any atom is -0.854 e. The van der Waals surface area contributed by atoms with E-state index in [4.69, 9.17) is 0 Å². The third-order valence-electron chi connectivity index (χ3n) is 4.14. The van der Waals surface area contributed by atoms with Crippen LogP contribution in [0.4, 0.5) is 0 Å². The van der Waals surface area contributed by atoms with E-state index in [1.165, 1.54) is 0 Å². The van der Waals surface area contributed by atoms with Gasteiger partial charge in [0.1, 0.15) is 0 Å². The van der Waals surface area contributed by atoms with Gasteiger partial charge in [-0.15, -0.1) is 0 Å². The summed E-state index contributed by atoms with van der Waals surface area (Å²) in [5, 5.41) is 3.68. The summed E-state index contributed by atoms with van der Waals surface area (Å²) in [6, 6.07) is 38.4. The van der Waals surface area contributed by atoms with Crippen molar-refractivity contribution < 1.29 is 47.3 Å². The number of hydrogen-bond acceptors (Lipinski definition) is 2. The maximum absolute atomic E-state index is 12.0. The molecule has 0 atom stereocenters. The van der Waals surface area contributed by atoms with Crippen LogP contribution >= 0.6 is 0 Å². The monoisotopic (exact) mass is 410 g/mol. The molecule has 0 aliphatic heterocycles. The first-order chi connectivity index (χ1) is 13.8. The largest absolute Gasteiger partial charge is 1.00 e. The molecule has 0 bridgehead atoms. The zero-order valence-electron chi connectivity index (χ0n) is 17.4. The molecule has 2 nitrogen and oxygen atoms in total. The first-order valence-corrected chi connectivity index (χ1v) is 11.9. The molecule has 6 heteroatoms. The van der Waals surface area contributed by atoms with Gasteiger partial charge in [0.25, 0.3) is 0 Å². The Morgan fingerprint density at radius 3 is 0.667 bits per heavy atom. The van der Waals surface area contributed by atoms with E-state index in [9.17, 15) is 9.59 Å². The van der Waals surface area contributed by atoms with Crippen LogP contribution in [0.2, 0.25) is 0 Å². The minimum absolute atomic E-state index is 0. The summed E-state index contributed by atoms with van der Waals surface area (Å²) < 4.78 is 0. The van der Waals surface area contributed by atoms with Crippen molar-refractivity contribution >= 4 is 38.8 Å². The van der Waals surface area contributed by atoms with E-state index < -0.39 is 18.1 Å². The molecule has 0 N–H and O–H groups in total. The topological polar surface area (TPSA) is 46.1 Å². The molecule has 138 valence electrons. The fourth-order valence-electron chi connectivity index (χ4n) is 2.69. The van der Waals surface area contributed by atoms with Crippen molar-refractivity contribution in [2.45, 2.75) is 0 Å². The Bertz CT molecular complexity index is 784. The summed E-state index contributed by atoms with van der Waals surface area (Å²) in [5.74, 6) is 0. The standard InChI is InChI=1S/2C12H10OSi.2Li/c2*13-14(11-7-3-1-4-8-11)12-9-5-2-6-10-12;;/h2*1-10H;;/q2*-1;2*+1. The molecule has 0 spiro atoms. The molecule has 0 saturated carbocycles. The first kappa shape index (κ1) is 26.5. The number of benzene rings is 4. The smallest absolute Gasteiger partial charge is 0.854 e. The van der Waals surface area contributed by atoms with Crippen molar-refractivity contribution in [3.8, 4) is 0 Å². The molecule has 4 rings (SSSR count). The third-order valence-corrected chi connectivity index (χ3v) is 7.57. The van der Waals surface area contributed by atoms with Crippen LogP contribution in [0.3, 0.4) is 0 Å². The van der Waals surface area contributed by atoms with Gasteiger partial charge in [-0.3, -0.25) is 0 Å². The van der Waals surface area contributed by atoms with Gasteiger partial charge in [-0.05, 0) is 0 Å². The zero-order chi connectivity index (χ0) is 19.6. The Morgan fingerprint density at radius 2 is 0.500 bits per heavy atom. The van der Waals surface area contributed by atoms with Gasteiger partial charge < -0.3 is 9.59 Å². The molecule has 0 aliphatic carbocycles. The quantitative estimate of drug-likeness (QED) is 0.315. The molecule has 0 heterocycles. The Kier molecular flexibility index (Phi) is 12.7. The molecule has 2 radical (unpaired) electrons. The van der Waals surface area contributed by atoms with E-state index in [-0.39, 0.29) is 37.7 Å². The maximum Gasteiger partial charge on any atom is 1.00 e. The predicted octanol–water partition coefficient (Wildman–Crippen LogP) is -5.69. The van der Waals surface area contributed by atoms with Gasteiger partial charge in [-0.25, -0.2) is 0 Å². The summed E-state index contributed by atoms with van der Waals surface area (Å²) in [5.41, 5.74) is 0. The van der Waals surface area contributed by atoms with Gasteiger partial charge in [-0.2, -0.15) is 0 Å². The van der Waals surface area contributed by atoms with Crippen LogP contribution in [0.25, 0.3) is 0 Å². The van der Waals surface area contributed by atoms with Crippen molar-refractivity contribution in [2.75, 3.05) is 0 Å². The molecule has 0 unspecified atom stereocenters. The fourth-order valence-corrected chi connectivity index (χ4v) is 5.34. The van der Waals surface area contributed by atoms with Gasteiger partial charge >= 0.3 is 37.7 Å². The van der Waals surface area contributed by atoms with Crippen LogP contribution in [0, 0.1) is 0 Å². The number of hydrogen-bond donors (Lipinski definition) is 0. The maximum atomic E-state index is 12.0. The van der Waals surface area contributed by atoms with E-state index in [1.807, 2.05) is 121 Å². The Balaban J connectivity index is 0.000000281. The van der Waals surface area contributed by atoms with Crippen LogP contribution < -0.4 is 68.1 Å². The molecule has 0 saturated heterocycles. The summed E-state index contributed by atoms with van der Waals surface area (Å²) in [4.78, 5) is 24.1. The average Bonchev–Trinajstić information content (AvgIpc) is 2.81. The molecule has 0 aromatic heterocycles. The SMILES string of the molecule is [Li+].[Li+].[O-][Si](c1ccccc1)c1ccccc1.[O-][Si](c1ccccc1)c1ccccc1. The normalized spacial score (nSPS) is 9.73.